The Labute approximate surface area is 87.1 Å². The molecule has 0 fully saturated rings. The van der Waals surface area contributed by atoms with Crippen LogP contribution in [0.15, 0.2) is 22.2 Å². The van der Waals surface area contributed by atoms with Crippen molar-refractivity contribution in [1.29, 1.82) is 0 Å². The number of aromatic nitrogens is 1. The molecule has 0 atom stereocenters. The van der Waals surface area contributed by atoms with Gasteiger partial charge in [-0.3, -0.25) is 0 Å². The lowest BCUT2D eigenvalue weighted by Gasteiger charge is -1.85. The molecule has 0 aliphatic carbocycles. The van der Waals surface area contributed by atoms with Gasteiger partial charge in [0.25, 0.3) is 0 Å². The lowest BCUT2D eigenvalue weighted by atomic mass is 10.3. The van der Waals surface area contributed by atoms with Gasteiger partial charge in [0.1, 0.15) is 0 Å². The highest BCUT2D eigenvalue weighted by molar-refractivity contribution is 7.10. The smallest absolute Gasteiger partial charge is 0.0901 e. The summed E-state index contributed by atoms with van der Waals surface area (Å²) in [5.41, 5.74) is 2.34. The molecular formula is C10H13NS2. The third-order valence-electron chi connectivity index (χ3n) is 1.44. The third kappa shape index (κ3) is 2.64. The van der Waals surface area contributed by atoms with E-state index in [2.05, 4.69) is 27.2 Å². The molecule has 2 rings (SSSR count). The average molecular weight is 211 g/mol. The van der Waals surface area contributed by atoms with Crippen molar-refractivity contribution in [2.75, 3.05) is 0 Å². The second-order valence-electron chi connectivity index (χ2n) is 2.26. The van der Waals surface area contributed by atoms with Gasteiger partial charge in [-0.1, -0.05) is 13.8 Å². The first-order valence-electron chi connectivity index (χ1n) is 4.31. The normalized spacial score (nSPS) is 9.15. The molecule has 0 bridgehead atoms. The number of aryl methyl sites for hydroxylation is 1. The summed E-state index contributed by atoms with van der Waals surface area (Å²) in [5, 5.41) is 7.42. The van der Waals surface area contributed by atoms with E-state index in [-0.39, 0.29) is 0 Å². The summed E-state index contributed by atoms with van der Waals surface area (Å²) in [4.78, 5) is 4.38. The zero-order valence-corrected chi connectivity index (χ0v) is 9.71. The highest BCUT2D eigenvalue weighted by Gasteiger charge is 2.00. The molecule has 3 heteroatoms. The predicted molar refractivity (Wildman–Crippen MR) is 61.5 cm³/mol. The first kappa shape index (κ1) is 10.4. The molecular weight excluding hydrogens is 198 g/mol. The quantitative estimate of drug-likeness (QED) is 0.688. The fourth-order valence-electron chi connectivity index (χ4n) is 0.906. The summed E-state index contributed by atoms with van der Waals surface area (Å²) >= 11 is 3.40. The minimum absolute atomic E-state index is 1.11. The second kappa shape index (κ2) is 5.14. The lowest BCUT2D eigenvalue weighted by molar-refractivity contribution is 1.30. The maximum Gasteiger partial charge on any atom is 0.0901 e. The lowest BCUT2D eigenvalue weighted by Crippen LogP contribution is -1.71. The summed E-state index contributed by atoms with van der Waals surface area (Å²) in [6.07, 6.45) is 0. The summed E-state index contributed by atoms with van der Waals surface area (Å²) in [6.45, 7) is 6.03. The molecule has 0 N–H and O–H groups in total. The Balaban J connectivity index is 0.000000396. The van der Waals surface area contributed by atoms with Crippen molar-refractivity contribution in [3.05, 3.63) is 27.2 Å². The molecule has 0 amide bonds. The maximum absolute atomic E-state index is 4.38. The topological polar surface area (TPSA) is 12.9 Å². The van der Waals surface area contributed by atoms with E-state index in [9.17, 15) is 0 Å². The van der Waals surface area contributed by atoms with Gasteiger partial charge < -0.3 is 0 Å². The van der Waals surface area contributed by atoms with Crippen LogP contribution in [-0.4, -0.2) is 4.98 Å². The molecule has 0 saturated heterocycles. The SMILES string of the molecule is CC.Cc1nc(-c2ccsc2)cs1. The Hall–Kier alpha value is -0.670. The molecule has 1 nitrogen and oxygen atoms in total. The number of rotatable bonds is 1. The highest BCUT2D eigenvalue weighted by Crippen LogP contribution is 2.23. The van der Waals surface area contributed by atoms with Gasteiger partial charge in [0.05, 0.1) is 10.7 Å². The Morgan fingerprint density at radius 2 is 2.00 bits per heavy atom. The monoisotopic (exact) mass is 211 g/mol. The van der Waals surface area contributed by atoms with Crippen LogP contribution in [-0.2, 0) is 0 Å². The van der Waals surface area contributed by atoms with E-state index < -0.39 is 0 Å². The number of hydrogen-bond donors (Lipinski definition) is 0. The highest BCUT2D eigenvalue weighted by atomic mass is 32.1. The van der Waals surface area contributed by atoms with E-state index in [1.54, 1.807) is 22.7 Å². The van der Waals surface area contributed by atoms with Crippen molar-refractivity contribution in [3.63, 3.8) is 0 Å². The molecule has 0 spiro atoms. The standard InChI is InChI=1S/C8H7NS2.C2H6/c1-6-9-8(5-11-6)7-2-3-10-4-7;1-2/h2-5H,1H3;1-2H3. The van der Waals surface area contributed by atoms with Crippen molar-refractivity contribution in [2.45, 2.75) is 20.8 Å². The molecule has 2 heterocycles. The zero-order valence-electron chi connectivity index (χ0n) is 8.07. The molecule has 0 aromatic carbocycles. The van der Waals surface area contributed by atoms with E-state index in [4.69, 9.17) is 0 Å². The van der Waals surface area contributed by atoms with Crippen LogP contribution < -0.4 is 0 Å². The average Bonchev–Trinajstić information content (AvgIpc) is 2.77. The van der Waals surface area contributed by atoms with Gasteiger partial charge in [-0.2, -0.15) is 11.3 Å². The minimum atomic E-state index is 1.11. The van der Waals surface area contributed by atoms with E-state index in [0.717, 1.165) is 10.7 Å². The van der Waals surface area contributed by atoms with Gasteiger partial charge in [-0.05, 0) is 18.4 Å². The fourth-order valence-corrected chi connectivity index (χ4v) is 2.18. The number of thiophene rings is 1. The van der Waals surface area contributed by atoms with Crippen LogP contribution in [0, 0.1) is 6.92 Å². The van der Waals surface area contributed by atoms with Crippen LogP contribution >= 0.6 is 22.7 Å². The summed E-state index contributed by atoms with van der Waals surface area (Å²) in [7, 11) is 0. The van der Waals surface area contributed by atoms with Gasteiger partial charge in [-0.15, -0.1) is 11.3 Å². The van der Waals surface area contributed by atoms with Crippen molar-refractivity contribution in [3.8, 4) is 11.3 Å². The van der Waals surface area contributed by atoms with E-state index in [1.165, 1.54) is 5.56 Å². The second-order valence-corrected chi connectivity index (χ2v) is 4.11. The Morgan fingerprint density at radius 1 is 1.23 bits per heavy atom. The van der Waals surface area contributed by atoms with Crippen molar-refractivity contribution >= 4 is 22.7 Å². The van der Waals surface area contributed by atoms with Crippen LogP contribution in [0.2, 0.25) is 0 Å². The summed E-state index contributed by atoms with van der Waals surface area (Å²) < 4.78 is 0. The van der Waals surface area contributed by atoms with E-state index in [1.807, 2.05) is 20.8 Å². The Bertz CT molecular complexity index is 335. The molecule has 70 valence electrons. The first-order chi connectivity index (χ1) is 6.36. The van der Waals surface area contributed by atoms with Crippen molar-refractivity contribution < 1.29 is 0 Å². The van der Waals surface area contributed by atoms with Crippen LogP contribution in [0.4, 0.5) is 0 Å². The maximum atomic E-state index is 4.38. The predicted octanol–water partition coefficient (Wildman–Crippen LogP) is 4.21. The summed E-state index contributed by atoms with van der Waals surface area (Å²) in [6, 6.07) is 2.10. The molecule has 0 aliphatic heterocycles. The van der Waals surface area contributed by atoms with E-state index in [0.29, 0.717) is 0 Å². The van der Waals surface area contributed by atoms with E-state index >= 15 is 0 Å². The summed E-state index contributed by atoms with van der Waals surface area (Å²) in [5.74, 6) is 0. The minimum Gasteiger partial charge on any atom is -0.242 e. The largest absolute Gasteiger partial charge is 0.242 e. The number of thiazole rings is 1. The Morgan fingerprint density at radius 3 is 2.46 bits per heavy atom. The first-order valence-corrected chi connectivity index (χ1v) is 6.13. The van der Waals surface area contributed by atoms with Crippen LogP contribution in [0.5, 0.6) is 0 Å². The molecule has 2 aromatic rings. The number of nitrogens with zero attached hydrogens (tertiary/aromatic N) is 1. The molecule has 2 aromatic heterocycles. The zero-order chi connectivity index (χ0) is 9.68. The van der Waals surface area contributed by atoms with Gasteiger partial charge in [0, 0.05) is 16.3 Å². The van der Waals surface area contributed by atoms with Gasteiger partial charge in [0.2, 0.25) is 0 Å². The van der Waals surface area contributed by atoms with Crippen molar-refractivity contribution in [1.82, 2.24) is 4.98 Å². The van der Waals surface area contributed by atoms with Gasteiger partial charge in [-0.25, -0.2) is 4.98 Å². The number of hydrogen-bond acceptors (Lipinski definition) is 3. The molecule has 0 aliphatic rings. The molecule has 0 saturated carbocycles. The van der Waals surface area contributed by atoms with Crippen LogP contribution in [0.3, 0.4) is 0 Å². The van der Waals surface area contributed by atoms with Crippen LogP contribution in [0.25, 0.3) is 11.3 Å². The van der Waals surface area contributed by atoms with Gasteiger partial charge >= 0.3 is 0 Å². The Kier molecular flexibility index (Phi) is 4.12. The molecule has 13 heavy (non-hydrogen) atoms. The van der Waals surface area contributed by atoms with Crippen LogP contribution in [0.1, 0.15) is 18.9 Å². The molecule has 0 radical (unpaired) electrons. The fraction of sp³-hybridized carbons (Fsp3) is 0.300. The van der Waals surface area contributed by atoms with Gasteiger partial charge in [0.15, 0.2) is 0 Å². The molecule has 0 unspecified atom stereocenters. The third-order valence-corrected chi connectivity index (χ3v) is 2.89. The van der Waals surface area contributed by atoms with Crippen molar-refractivity contribution in [2.24, 2.45) is 0 Å².